The van der Waals surface area contributed by atoms with Crippen LogP contribution in [0.2, 0.25) is 0 Å². The van der Waals surface area contributed by atoms with Crippen molar-refractivity contribution in [2.75, 3.05) is 5.32 Å². The number of amides is 2. The van der Waals surface area contributed by atoms with Crippen molar-refractivity contribution in [3.8, 4) is 10.6 Å². The molecule has 9 nitrogen and oxygen atoms in total. The number of fused-ring (bicyclic) bond motifs is 1. The van der Waals surface area contributed by atoms with Gasteiger partial charge in [-0.15, -0.1) is 10.2 Å². The average Bonchev–Trinajstić information content (AvgIpc) is 3.23. The van der Waals surface area contributed by atoms with E-state index in [2.05, 4.69) is 25.9 Å². The third kappa shape index (κ3) is 3.96. The molecule has 2 aromatic heterocycles. The highest BCUT2D eigenvalue weighted by atomic mass is 32.1. The third-order valence-corrected chi connectivity index (χ3v) is 5.59. The Balaban J connectivity index is 1.81. The second-order valence-electron chi connectivity index (χ2n) is 6.68. The number of benzene rings is 1. The SMILES string of the molecule is CCC(C)C(NC(=O)Nc1cc(-c2nn3c(C)nnc3s2)ccc1C)C(=O)O. The van der Waals surface area contributed by atoms with Crippen LogP contribution >= 0.6 is 11.3 Å². The first-order chi connectivity index (χ1) is 13.3. The summed E-state index contributed by atoms with van der Waals surface area (Å²) >= 11 is 1.40. The number of carboxylic acid groups (broad SMARTS) is 1. The van der Waals surface area contributed by atoms with Crippen LogP contribution in [0.1, 0.15) is 31.7 Å². The number of aromatic nitrogens is 4. The summed E-state index contributed by atoms with van der Waals surface area (Å²) in [5.74, 6) is -0.531. The smallest absolute Gasteiger partial charge is 0.326 e. The second kappa shape index (κ2) is 7.93. The molecule has 0 aliphatic heterocycles. The van der Waals surface area contributed by atoms with E-state index in [0.717, 1.165) is 16.1 Å². The Kier molecular flexibility index (Phi) is 5.59. The van der Waals surface area contributed by atoms with Gasteiger partial charge in [-0.05, 0) is 31.4 Å². The van der Waals surface area contributed by atoms with Crippen molar-refractivity contribution < 1.29 is 14.7 Å². The zero-order valence-corrected chi connectivity index (χ0v) is 16.9. The molecule has 0 saturated carbocycles. The van der Waals surface area contributed by atoms with Crippen LogP contribution in [0.4, 0.5) is 10.5 Å². The number of urea groups is 1. The summed E-state index contributed by atoms with van der Waals surface area (Å²) in [6, 6.07) is 4.11. The van der Waals surface area contributed by atoms with Crippen molar-refractivity contribution in [3.63, 3.8) is 0 Å². The number of hydrogen-bond acceptors (Lipinski definition) is 6. The summed E-state index contributed by atoms with van der Waals surface area (Å²) in [5, 5.41) is 27.9. The number of nitrogens with zero attached hydrogens (tertiary/aromatic N) is 4. The number of nitrogens with one attached hydrogen (secondary N) is 2. The monoisotopic (exact) mass is 402 g/mol. The number of carboxylic acids is 1. The maximum Gasteiger partial charge on any atom is 0.326 e. The van der Waals surface area contributed by atoms with Gasteiger partial charge in [0.1, 0.15) is 11.0 Å². The van der Waals surface area contributed by atoms with Gasteiger partial charge in [0.25, 0.3) is 0 Å². The Morgan fingerprint density at radius 2 is 2.04 bits per heavy atom. The van der Waals surface area contributed by atoms with Gasteiger partial charge in [-0.2, -0.15) is 9.61 Å². The Hall–Kier alpha value is -3.01. The standard InChI is InChI=1S/C18H22N6O3S/c1-5-9(2)14(16(25)26)20-17(27)19-13-8-12(7-6-10(13)3)15-23-24-11(4)21-22-18(24)28-15/h6-9,14H,5H2,1-4H3,(H,25,26)(H2,19,20,27). The average molecular weight is 402 g/mol. The Labute approximate surface area is 165 Å². The molecule has 2 unspecified atom stereocenters. The minimum atomic E-state index is -1.05. The summed E-state index contributed by atoms with van der Waals surface area (Å²) in [6.45, 7) is 7.37. The van der Waals surface area contributed by atoms with Gasteiger partial charge in [0.15, 0.2) is 5.82 Å². The first-order valence-electron chi connectivity index (χ1n) is 8.90. The van der Waals surface area contributed by atoms with Crippen LogP contribution in [-0.4, -0.2) is 43.0 Å². The van der Waals surface area contributed by atoms with Crippen LogP contribution < -0.4 is 10.6 Å². The van der Waals surface area contributed by atoms with Gasteiger partial charge in [0.2, 0.25) is 4.96 Å². The minimum absolute atomic E-state index is 0.181. The highest BCUT2D eigenvalue weighted by molar-refractivity contribution is 7.19. The van der Waals surface area contributed by atoms with E-state index in [4.69, 9.17) is 0 Å². The Morgan fingerprint density at radius 3 is 2.68 bits per heavy atom. The van der Waals surface area contributed by atoms with Crippen LogP contribution in [0.3, 0.4) is 0 Å². The lowest BCUT2D eigenvalue weighted by molar-refractivity contribution is -0.140. The molecule has 0 radical (unpaired) electrons. The van der Waals surface area contributed by atoms with Crippen molar-refractivity contribution >= 4 is 34.0 Å². The molecule has 3 rings (SSSR count). The zero-order valence-electron chi connectivity index (χ0n) is 16.1. The van der Waals surface area contributed by atoms with Crippen molar-refractivity contribution in [2.45, 2.75) is 40.2 Å². The van der Waals surface area contributed by atoms with Gasteiger partial charge in [-0.3, -0.25) is 0 Å². The molecule has 148 valence electrons. The van der Waals surface area contributed by atoms with Crippen LogP contribution in [0.25, 0.3) is 15.5 Å². The molecule has 3 N–H and O–H groups in total. The van der Waals surface area contributed by atoms with E-state index in [0.29, 0.717) is 22.9 Å². The van der Waals surface area contributed by atoms with Crippen LogP contribution in [-0.2, 0) is 4.79 Å². The summed E-state index contributed by atoms with van der Waals surface area (Å²) < 4.78 is 1.67. The van der Waals surface area contributed by atoms with Gasteiger partial charge < -0.3 is 15.7 Å². The summed E-state index contributed by atoms with van der Waals surface area (Å²) in [7, 11) is 0. The van der Waals surface area contributed by atoms with E-state index in [1.807, 2.05) is 39.0 Å². The van der Waals surface area contributed by atoms with Gasteiger partial charge in [0.05, 0.1) is 0 Å². The lowest BCUT2D eigenvalue weighted by Gasteiger charge is -2.20. The fraction of sp³-hybridized carbons (Fsp3) is 0.389. The minimum Gasteiger partial charge on any atom is -0.480 e. The fourth-order valence-corrected chi connectivity index (χ4v) is 3.59. The highest BCUT2D eigenvalue weighted by Crippen LogP contribution is 2.29. The van der Waals surface area contributed by atoms with Gasteiger partial charge in [-0.1, -0.05) is 43.7 Å². The Morgan fingerprint density at radius 1 is 1.29 bits per heavy atom. The summed E-state index contributed by atoms with van der Waals surface area (Å²) in [4.78, 5) is 24.5. The lowest BCUT2D eigenvalue weighted by Crippen LogP contribution is -2.46. The van der Waals surface area contributed by atoms with Gasteiger partial charge >= 0.3 is 12.0 Å². The zero-order chi connectivity index (χ0) is 20.4. The van der Waals surface area contributed by atoms with E-state index in [1.165, 1.54) is 11.3 Å². The predicted octanol–water partition coefficient (Wildman–Crippen LogP) is 3.09. The normalized spacial score (nSPS) is 13.3. The maximum atomic E-state index is 12.4. The van der Waals surface area contributed by atoms with Crippen molar-refractivity contribution in [2.24, 2.45) is 5.92 Å². The van der Waals surface area contributed by atoms with Crippen molar-refractivity contribution in [1.82, 2.24) is 25.1 Å². The number of aliphatic carboxylic acids is 1. The molecular weight excluding hydrogens is 380 g/mol. The molecule has 0 bridgehead atoms. The van der Waals surface area contributed by atoms with Gasteiger partial charge in [-0.25, -0.2) is 9.59 Å². The number of aryl methyl sites for hydroxylation is 2. The number of hydrogen-bond donors (Lipinski definition) is 3. The summed E-state index contributed by atoms with van der Waals surface area (Å²) in [6.07, 6.45) is 0.645. The van der Waals surface area contributed by atoms with Crippen LogP contribution in [0.15, 0.2) is 18.2 Å². The third-order valence-electron chi connectivity index (χ3n) is 4.65. The first-order valence-corrected chi connectivity index (χ1v) is 9.72. The molecule has 0 aliphatic rings. The lowest BCUT2D eigenvalue weighted by atomic mass is 9.99. The molecule has 0 aliphatic carbocycles. The largest absolute Gasteiger partial charge is 0.480 e. The quantitative estimate of drug-likeness (QED) is 0.582. The number of rotatable bonds is 6. The number of carbonyl (C=O) groups is 2. The molecule has 2 atom stereocenters. The van der Waals surface area contributed by atoms with Crippen molar-refractivity contribution in [3.05, 3.63) is 29.6 Å². The molecule has 0 fully saturated rings. The van der Waals surface area contributed by atoms with Gasteiger partial charge in [0, 0.05) is 11.3 Å². The molecule has 10 heteroatoms. The molecular formula is C18H22N6O3S. The van der Waals surface area contributed by atoms with E-state index >= 15 is 0 Å². The fourth-order valence-electron chi connectivity index (χ4n) is 2.70. The predicted molar refractivity (Wildman–Crippen MR) is 107 cm³/mol. The molecule has 28 heavy (non-hydrogen) atoms. The van der Waals surface area contributed by atoms with E-state index < -0.39 is 18.0 Å². The molecule has 2 heterocycles. The summed E-state index contributed by atoms with van der Waals surface area (Å²) in [5.41, 5.74) is 2.27. The molecule has 3 aromatic rings. The van der Waals surface area contributed by atoms with Crippen molar-refractivity contribution in [1.29, 1.82) is 0 Å². The first kappa shape index (κ1) is 19.7. The van der Waals surface area contributed by atoms with E-state index in [1.54, 1.807) is 11.4 Å². The highest BCUT2D eigenvalue weighted by Gasteiger charge is 2.25. The number of carbonyl (C=O) groups excluding carboxylic acids is 1. The topological polar surface area (TPSA) is 122 Å². The molecule has 0 saturated heterocycles. The van der Waals surface area contributed by atoms with E-state index in [-0.39, 0.29) is 5.92 Å². The second-order valence-corrected chi connectivity index (χ2v) is 7.63. The molecule has 2 amide bonds. The van der Waals surface area contributed by atoms with E-state index in [9.17, 15) is 14.7 Å². The Bertz CT molecular complexity index is 1030. The maximum absolute atomic E-state index is 12.4. The number of anilines is 1. The molecule has 0 spiro atoms. The molecule has 1 aromatic carbocycles. The van der Waals surface area contributed by atoms with Crippen LogP contribution in [0.5, 0.6) is 0 Å². The van der Waals surface area contributed by atoms with Crippen LogP contribution in [0, 0.1) is 19.8 Å².